The van der Waals surface area contributed by atoms with Gasteiger partial charge in [0.05, 0.1) is 11.1 Å². The number of hydrogen-bond acceptors (Lipinski definition) is 5. The van der Waals surface area contributed by atoms with Crippen molar-refractivity contribution in [2.24, 2.45) is 0 Å². The van der Waals surface area contributed by atoms with Gasteiger partial charge >= 0.3 is 0 Å². The number of nitrogens with one attached hydrogen (secondary N) is 1. The quantitative estimate of drug-likeness (QED) is 0.519. The van der Waals surface area contributed by atoms with Gasteiger partial charge in [0, 0.05) is 10.7 Å². The van der Waals surface area contributed by atoms with Gasteiger partial charge in [-0.05, 0) is 61.9 Å². The first-order chi connectivity index (χ1) is 13.4. The topological polar surface area (TPSA) is 64.1 Å². The zero-order chi connectivity index (χ0) is 20.1. The summed E-state index contributed by atoms with van der Waals surface area (Å²) in [7, 11) is 0. The Labute approximate surface area is 177 Å². The Morgan fingerprint density at radius 2 is 1.71 bits per heavy atom. The second-order valence-corrected chi connectivity index (χ2v) is 7.92. The average Bonchev–Trinajstić information content (AvgIpc) is 3.15. The van der Waals surface area contributed by atoms with Crippen LogP contribution in [0.2, 0.25) is 5.02 Å². The van der Waals surface area contributed by atoms with E-state index in [9.17, 15) is 4.79 Å². The first kappa shape index (κ1) is 20.3. The third-order valence-corrected chi connectivity index (χ3v) is 5.08. The molecule has 0 aliphatic rings. The molecule has 5 nitrogen and oxygen atoms in total. The number of nitrogens with zero attached hydrogens (tertiary/aromatic N) is 2. The van der Waals surface area contributed by atoms with Gasteiger partial charge in [0.2, 0.25) is 5.01 Å². The van der Waals surface area contributed by atoms with Crippen molar-refractivity contribution < 1.29 is 9.53 Å². The van der Waals surface area contributed by atoms with Crippen molar-refractivity contribution in [1.82, 2.24) is 10.2 Å². The summed E-state index contributed by atoms with van der Waals surface area (Å²) in [5.41, 5.74) is 1.51. The van der Waals surface area contributed by atoms with E-state index < -0.39 is 0 Å². The number of aromatic nitrogens is 2. The minimum Gasteiger partial charge on any atom is -0.491 e. The molecule has 28 heavy (non-hydrogen) atoms. The highest BCUT2D eigenvalue weighted by Gasteiger charge is 2.15. The van der Waals surface area contributed by atoms with Gasteiger partial charge in [-0.25, -0.2) is 0 Å². The molecular weight excluding hydrogens is 417 g/mol. The van der Waals surface area contributed by atoms with Crippen LogP contribution in [0.4, 0.5) is 5.69 Å². The van der Waals surface area contributed by atoms with E-state index in [1.54, 1.807) is 30.3 Å². The molecule has 0 radical (unpaired) electrons. The van der Waals surface area contributed by atoms with E-state index in [2.05, 4.69) is 15.5 Å². The summed E-state index contributed by atoms with van der Waals surface area (Å²) < 4.78 is 5.62. The Kier molecular flexibility index (Phi) is 6.67. The molecular formula is C20H17Cl2N3O2S. The molecule has 0 bridgehead atoms. The van der Waals surface area contributed by atoms with Gasteiger partial charge in [-0.2, -0.15) is 0 Å². The van der Waals surface area contributed by atoms with Crippen molar-refractivity contribution in [3.05, 3.63) is 69.1 Å². The van der Waals surface area contributed by atoms with Crippen LogP contribution in [-0.2, 0) is 0 Å². The van der Waals surface area contributed by atoms with E-state index in [4.69, 9.17) is 27.9 Å². The highest BCUT2D eigenvalue weighted by Crippen LogP contribution is 2.26. The molecule has 1 aromatic heterocycles. The zero-order valence-corrected chi connectivity index (χ0v) is 17.5. The van der Waals surface area contributed by atoms with Crippen molar-refractivity contribution in [2.75, 3.05) is 5.32 Å². The van der Waals surface area contributed by atoms with E-state index in [1.165, 1.54) is 0 Å². The monoisotopic (exact) mass is 433 g/mol. The molecule has 0 saturated carbocycles. The maximum atomic E-state index is 12.3. The fourth-order valence-corrected chi connectivity index (χ4v) is 3.30. The van der Waals surface area contributed by atoms with Crippen LogP contribution >= 0.6 is 34.5 Å². The van der Waals surface area contributed by atoms with Crippen molar-refractivity contribution in [3.63, 3.8) is 0 Å². The molecule has 8 heteroatoms. The number of carbonyl (C=O) groups is 1. The van der Waals surface area contributed by atoms with Gasteiger partial charge in [-0.3, -0.25) is 4.79 Å². The number of amides is 1. The number of anilines is 1. The third kappa shape index (κ3) is 5.55. The van der Waals surface area contributed by atoms with E-state index in [0.717, 1.165) is 22.6 Å². The Morgan fingerprint density at radius 1 is 1.07 bits per heavy atom. The van der Waals surface area contributed by atoms with Crippen LogP contribution in [0.3, 0.4) is 0 Å². The van der Waals surface area contributed by atoms with Gasteiger partial charge in [0.25, 0.3) is 5.91 Å². The van der Waals surface area contributed by atoms with Crippen molar-refractivity contribution >= 4 is 57.2 Å². The minimum absolute atomic E-state index is 0.115. The number of hydrogen-bond donors (Lipinski definition) is 1. The van der Waals surface area contributed by atoms with Crippen LogP contribution in [-0.4, -0.2) is 22.2 Å². The van der Waals surface area contributed by atoms with Crippen molar-refractivity contribution in [1.29, 1.82) is 0 Å². The molecule has 0 aliphatic heterocycles. The summed E-state index contributed by atoms with van der Waals surface area (Å²) in [5.74, 6) is 0.436. The predicted octanol–water partition coefficient (Wildman–Crippen LogP) is 5.97. The average molecular weight is 434 g/mol. The molecule has 0 aliphatic carbocycles. The molecule has 0 unspecified atom stereocenters. The maximum Gasteiger partial charge on any atom is 0.286 e. The molecule has 144 valence electrons. The van der Waals surface area contributed by atoms with Crippen LogP contribution in [0.5, 0.6) is 5.75 Å². The third-order valence-electron chi connectivity index (χ3n) is 3.47. The lowest BCUT2D eigenvalue weighted by atomic mass is 10.2. The lowest BCUT2D eigenvalue weighted by Crippen LogP contribution is -2.11. The number of halogens is 2. The Balaban J connectivity index is 1.69. The van der Waals surface area contributed by atoms with Gasteiger partial charge < -0.3 is 10.1 Å². The van der Waals surface area contributed by atoms with Crippen LogP contribution < -0.4 is 10.1 Å². The molecule has 0 fully saturated rings. The van der Waals surface area contributed by atoms with Gasteiger partial charge in [-0.1, -0.05) is 46.7 Å². The molecule has 1 amide bonds. The first-order valence-corrected chi connectivity index (χ1v) is 10.0. The predicted molar refractivity (Wildman–Crippen MR) is 115 cm³/mol. The van der Waals surface area contributed by atoms with Crippen molar-refractivity contribution in [2.45, 2.75) is 20.0 Å². The van der Waals surface area contributed by atoms with E-state index in [0.29, 0.717) is 20.7 Å². The highest BCUT2D eigenvalue weighted by molar-refractivity contribution is 7.15. The van der Waals surface area contributed by atoms with Gasteiger partial charge in [0.1, 0.15) is 5.75 Å². The van der Waals surface area contributed by atoms with E-state index in [-0.39, 0.29) is 17.0 Å². The first-order valence-electron chi connectivity index (χ1n) is 8.45. The Morgan fingerprint density at radius 3 is 2.36 bits per heavy atom. The second-order valence-electron chi connectivity index (χ2n) is 6.10. The Bertz CT molecular complexity index is 983. The molecule has 0 saturated heterocycles. The van der Waals surface area contributed by atoms with Gasteiger partial charge in [-0.15, -0.1) is 10.2 Å². The van der Waals surface area contributed by atoms with E-state index in [1.807, 2.05) is 38.1 Å². The number of carbonyl (C=O) groups excluding carboxylic acids is 1. The zero-order valence-electron chi connectivity index (χ0n) is 15.1. The van der Waals surface area contributed by atoms with Gasteiger partial charge in [0.15, 0.2) is 5.01 Å². The summed E-state index contributed by atoms with van der Waals surface area (Å²) in [5, 5.41) is 12.4. The fourth-order valence-electron chi connectivity index (χ4n) is 2.25. The lowest BCUT2D eigenvalue weighted by Gasteiger charge is -2.09. The highest BCUT2D eigenvalue weighted by atomic mass is 35.5. The molecule has 1 heterocycles. The maximum absolute atomic E-state index is 12.3. The van der Waals surface area contributed by atoms with Crippen molar-refractivity contribution in [3.8, 4) is 5.75 Å². The largest absolute Gasteiger partial charge is 0.491 e. The molecule has 1 N–H and O–H groups in total. The molecule has 3 aromatic rings. The number of rotatable bonds is 6. The summed E-state index contributed by atoms with van der Waals surface area (Å²) in [6, 6.07) is 14.4. The minimum atomic E-state index is -0.356. The molecule has 2 aromatic carbocycles. The SMILES string of the molecule is CC(C)Oc1ccc(/C=C(\Cl)c2nnc(C(=O)Nc3ccc(Cl)cc3)s2)cc1. The van der Waals surface area contributed by atoms with Crippen LogP contribution in [0.15, 0.2) is 48.5 Å². The standard InChI is InChI=1S/C20H17Cl2N3O2S/c1-12(2)27-16-9-3-13(4-10-16)11-17(22)19-24-25-20(28-19)18(26)23-15-7-5-14(21)6-8-15/h3-12H,1-2H3,(H,23,26)/b17-11-. The molecule has 0 spiro atoms. The summed E-state index contributed by atoms with van der Waals surface area (Å²) in [4.78, 5) is 12.3. The van der Waals surface area contributed by atoms with Crippen LogP contribution in [0, 0.1) is 0 Å². The number of benzene rings is 2. The Hall–Kier alpha value is -2.41. The molecule has 0 atom stereocenters. The summed E-state index contributed by atoms with van der Waals surface area (Å²) in [6.45, 7) is 3.95. The number of ether oxygens (including phenoxy) is 1. The summed E-state index contributed by atoms with van der Waals surface area (Å²) in [6.07, 6.45) is 1.88. The van der Waals surface area contributed by atoms with E-state index >= 15 is 0 Å². The normalized spacial score (nSPS) is 11.5. The summed E-state index contributed by atoms with van der Waals surface area (Å²) >= 11 is 13.3. The van der Waals surface area contributed by atoms with Crippen LogP contribution in [0.25, 0.3) is 11.1 Å². The second kappa shape index (κ2) is 9.19. The smallest absolute Gasteiger partial charge is 0.286 e. The van der Waals surface area contributed by atoms with Crippen LogP contribution in [0.1, 0.15) is 34.2 Å². The fraction of sp³-hybridized carbons (Fsp3) is 0.150. The molecule has 3 rings (SSSR count). The lowest BCUT2D eigenvalue weighted by molar-refractivity contribution is 0.102.